The number of carbonyl (C=O) groups excluding carboxylic acids is 1. The Bertz CT molecular complexity index is 546. The molecule has 7 heteroatoms. The van der Waals surface area contributed by atoms with Crippen molar-refractivity contribution in [3.8, 4) is 0 Å². The van der Waals surface area contributed by atoms with E-state index in [2.05, 4.69) is 5.32 Å². The highest BCUT2D eigenvalue weighted by atomic mass is 35.5. The van der Waals surface area contributed by atoms with Crippen molar-refractivity contribution in [2.24, 2.45) is 0 Å². The molecule has 0 bridgehead atoms. The van der Waals surface area contributed by atoms with Gasteiger partial charge in [-0.2, -0.15) is 0 Å². The van der Waals surface area contributed by atoms with Crippen molar-refractivity contribution >= 4 is 29.3 Å². The van der Waals surface area contributed by atoms with Crippen LogP contribution in [0.5, 0.6) is 0 Å². The minimum Gasteiger partial charge on any atom is -0.478 e. The third kappa shape index (κ3) is 4.09. The molecule has 114 valence electrons. The minimum atomic E-state index is -1.11. The Morgan fingerprint density at radius 3 is 2.76 bits per heavy atom. The maximum Gasteiger partial charge on any atom is 0.337 e. The molecule has 0 radical (unpaired) electrons. The number of methoxy groups -OCH3 is 1. The number of nitrogens with one attached hydrogen (secondary N) is 1. The SMILES string of the molecule is COCCN(C(=O)Nc1cc(Cl)ccc1C(=O)O)C1CC1. The van der Waals surface area contributed by atoms with Crippen LogP contribution in [0.2, 0.25) is 5.02 Å². The second-order valence-electron chi connectivity index (χ2n) is 4.84. The number of nitrogens with zero attached hydrogens (tertiary/aromatic N) is 1. The van der Waals surface area contributed by atoms with Crippen LogP contribution in [-0.2, 0) is 4.74 Å². The Labute approximate surface area is 127 Å². The number of benzene rings is 1. The van der Waals surface area contributed by atoms with Gasteiger partial charge in [0.15, 0.2) is 0 Å². The average Bonchev–Trinajstić information content (AvgIpc) is 3.23. The fourth-order valence-electron chi connectivity index (χ4n) is 2.02. The normalized spacial score (nSPS) is 13.8. The van der Waals surface area contributed by atoms with Gasteiger partial charge in [0.05, 0.1) is 17.9 Å². The van der Waals surface area contributed by atoms with Gasteiger partial charge in [-0.3, -0.25) is 0 Å². The van der Waals surface area contributed by atoms with Crippen LogP contribution in [0.25, 0.3) is 0 Å². The van der Waals surface area contributed by atoms with E-state index in [1.165, 1.54) is 18.2 Å². The summed E-state index contributed by atoms with van der Waals surface area (Å²) < 4.78 is 4.99. The molecule has 2 rings (SSSR count). The zero-order chi connectivity index (χ0) is 15.4. The van der Waals surface area contributed by atoms with E-state index >= 15 is 0 Å². The number of anilines is 1. The lowest BCUT2D eigenvalue weighted by Crippen LogP contribution is -2.39. The molecule has 2 amide bonds. The van der Waals surface area contributed by atoms with Gasteiger partial charge in [-0.1, -0.05) is 11.6 Å². The van der Waals surface area contributed by atoms with Gasteiger partial charge in [0.25, 0.3) is 0 Å². The highest BCUT2D eigenvalue weighted by Crippen LogP contribution is 2.28. The van der Waals surface area contributed by atoms with Crippen LogP contribution in [0.3, 0.4) is 0 Å². The molecule has 1 aliphatic carbocycles. The van der Waals surface area contributed by atoms with Gasteiger partial charge in [0.1, 0.15) is 0 Å². The first kappa shape index (κ1) is 15.6. The Kier molecular flexibility index (Phi) is 5.03. The molecule has 1 aliphatic rings. The van der Waals surface area contributed by atoms with Crippen molar-refractivity contribution in [2.75, 3.05) is 25.6 Å². The second kappa shape index (κ2) is 6.78. The predicted octanol–water partition coefficient (Wildman–Crippen LogP) is 2.68. The molecule has 0 saturated heterocycles. The first-order valence-corrected chi connectivity index (χ1v) is 7.00. The van der Waals surface area contributed by atoms with Gasteiger partial charge in [0, 0.05) is 24.7 Å². The summed E-state index contributed by atoms with van der Waals surface area (Å²) in [5.41, 5.74) is 0.207. The summed E-state index contributed by atoms with van der Waals surface area (Å²) in [5, 5.41) is 12.1. The van der Waals surface area contributed by atoms with Gasteiger partial charge in [-0.05, 0) is 31.0 Å². The van der Waals surface area contributed by atoms with Crippen molar-refractivity contribution in [2.45, 2.75) is 18.9 Å². The van der Waals surface area contributed by atoms with E-state index in [-0.39, 0.29) is 23.3 Å². The molecule has 0 unspecified atom stereocenters. The fourth-order valence-corrected chi connectivity index (χ4v) is 2.19. The summed E-state index contributed by atoms with van der Waals surface area (Å²) in [4.78, 5) is 25.1. The van der Waals surface area contributed by atoms with E-state index in [9.17, 15) is 9.59 Å². The molecule has 0 spiro atoms. The van der Waals surface area contributed by atoms with Crippen LogP contribution in [-0.4, -0.2) is 48.3 Å². The Hall–Kier alpha value is -1.79. The topological polar surface area (TPSA) is 78.9 Å². The van der Waals surface area contributed by atoms with Crippen molar-refractivity contribution < 1.29 is 19.4 Å². The molecule has 2 N–H and O–H groups in total. The van der Waals surface area contributed by atoms with Crippen LogP contribution in [0, 0.1) is 0 Å². The lowest BCUT2D eigenvalue weighted by Gasteiger charge is -2.23. The van der Waals surface area contributed by atoms with E-state index in [1.807, 2.05) is 0 Å². The summed E-state index contributed by atoms with van der Waals surface area (Å²) >= 11 is 5.87. The first-order valence-electron chi connectivity index (χ1n) is 6.62. The minimum absolute atomic E-state index is 0.00948. The summed E-state index contributed by atoms with van der Waals surface area (Å²) in [7, 11) is 1.57. The van der Waals surface area contributed by atoms with Crippen LogP contribution < -0.4 is 5.32 Å². The number of ether oxygens (including phenoxy) is 1. The van der Waals surface area contributed by atoms with Crippen LogP contribution in [0.1, 0.15) is 23.2 Å². The molecule has 0 heterocycles. The van der Waals surface area contributed by atoms with E-state index in [0.717, 1.165) is 12.8 Å². The molecular formula is C14H17ClN2O4. The summed E-state index contributed by atoms with van der Waals surface area (Å²) in [6.45, 7) is 0.904. The largest absolute Gasteiger partial charge is 0.478 e. The van der Waals surface area contributed by atoms with Crippen molar-refractivity contribution in [3.63, 3.8) is 0 Å². The van der Waals surface area contributed by atoms with Gasteiger partial charge in [0.2, 0.25) is 0 Å². The van der Waals surface area contributed by atoms with Gasteiger partial charge >= 0.3 is 12.0 Å². The number of amides is 2. The lowest BCUT2D eigenvalue weighted by atomic mass is 10.2. The van der Waals surface area contributed by atoms with E-state index < -0.39 is 5.97 Å². The fraction of sp³-hybridized carbons (Fsp3) is 0.429. The molecule has 0 atom stereocenters. The van der Waals surface area contributed by atoms with E-state index in [0.29, 0.717) is 18.2 Å². The summed E-state index contributed by atoms with van der Waals surface area (Å²) in [6.07, 6.45) is 1.91. The van der Waals surface area contributed by atoms with Crippen molar-refractivity contribution in [1.29, 1.82) is 0 Å². The number of hydrogen-bond donors (Lipinski definition) is 2. The van der Waals surface area contributed by atoms with Crippen LogP contribution in [0.15, 0.2) is 18.2 Å². The number of rotatable bonds is 6. The summed E-state index contributed by atoms with van der Waals surface area (Å²) in [5.74, 6) is -1.11. The molecule has 21 heavy (non-hydrogen) atoms. The summed E-state index contributed by atoms with van der Waals surface area (Å²) in [6, 6.07) is 4.15. The highest BCUT2D eigenvalue weighted by molar-refractivity contribution is 6.31. The molecule has 1 fully saturated rings. The second-order valence-corrected chi connectivity index (χ2v) is 5.28. The number of urea groups is 1. The molecule has 0 aromatic heterocycles. The third-order valence-electron chi connectivity index (χ3n) is 3.24. The molecule has 6 nitrogen and oxygen atoms in total. The zero-order valence-corrected chi connectivity index (χ0v) is 12.4. The van der Waals surface area contributed by atoms with Crippen molar-refractivity contribution in [3.05, 3.63) is 28.8 Å². The molecule has 1 aromatic carbocycles. The number of aromatic carboxylic acids is 1. The third-order valence-corrected chi connectivity index (χ3v) is 3.47. The van der Waals surface area contributed by atoms with Gasteiger partial charge in [-0.15, -0.1) is 0 Å². The molecule has 1 aromatic rings. The highest BCUT2D eigenvalue weighted by Gasteiger charge is 2.32. The van der Waals surface area contributed by atoms with Crippen molar-refractivity contribution in [1.82, 2.24) is 4.90 Å². The smallest absolute Gasteiger partial charge is 0.337 e. The maximum atomic E-state index is 12.3. The number of carboxylic acid groups (broad SMARTS) is 1. The van der Waals surface area contributed by atoms with Gasteiger partial charge < -0.3 is 20.1 Å². The number of halogens is 1. The number of carboxylic acids is 1. The quantitative estimate of drug-likeness (QED) is 0.846. The lowest BCUT2D eigenvalue weighted by molar-refractivity contribution is 0.0698. The number of carbonyl (C=O) groups is 2. The molecule has 0 aliphatic heterocycles. The Balaban J connectivity index is 2.13. The van der Waals surface area contributed by atoms with Crippen LogP contribution >= 0.6 is 11.6 Å². The predicted molar refractivity (Wildman–Crippen MR) is 79.0 cm³/mol. The number of hydrogen-bond acceptors (Lipinski definition) is 3. The Morgan fingerprint density at radius 1 is 1.48 bits per heavy atom. The monoisotopic (exact) mass is 312 g/mol. The first-order chi connectivity index (χ1) is 10.0. The van der Waals surface area contributed by atoms with Crippen LogP contribution in [0.4, 0.5) is 10.5 Å². The van der Waals surface area contributed by atoms with E-state index in [4.69, 9.17) is 21.4 Å². The zero-order valence-electron chi connectivity index (χ0n) is 11.6. The van der Waals surface area contributed by atoms with E-state index in [1.54, 1.807) is 12.0 Å². The molecular weight excluding hydrogens is 296 g/mol. The van der Waals surface area contributed by atoms with Gasteiger partial charge in [-0.25, -0.2) is 9.59 Å². The molecule has 1 saturated carbocycles. The average molecular weight is 313 g/mol. The Morgan fingerprint density at radius 2 is 2.19 bits per heavy atom. The maximum absolute atomic E-state index is 12.3. The standard InChI is InChI=1S/C14H17ClN2O4/c1-21-7-6-17(10-3-4-10)14(20)16-12-8-9(15)2-5-11(12)13(18)19/h2,5,8,10H,3-4,6-7H2,1H3,(H,16,20)(H,18,19).